The van der Waals surface area contributed by atoms with Crippen LogP contribution < -0.4 is 0 Å². The van der Waals surface area contributed by atoms with Crippen LogP contribution in [-0.4, -0.2) is 56.1 Å². The third-order valence-electron chi connectivity index (χ3n) is 3.77. The number of morpholine rings is 1. The highest BCUT2D eigenvalue weighted by Crippen LogP contribution is 2.30. The van der Waals surface area contributed by atoms with Crippen molar-refractivity contribution in [3.05, 3.63) is 47.8 Å². The summed E-state index contributed by atoms with van der Waals surface area (Å²) in [4.78, 5) is 18.9. The summed E-state index contributed by atoms with van der Waals surface area (Å²) in [6, 6.07) is 4.47. The van der Waals surface area contributed by atoms with Gasteiger partial charge in [0, 0.05) is 13.1 Å². The van der Waals surface area contributed by atoms with Crippen molar-refractivity contribution in [1.82, 2.24) is 19.7 Å². The Morgan fingerprint density at radius 3 is 2.84 bits per heavy atom. The van der Waals surface area contributed by atoms with Crippen LogP contribution in [-0.2, 0) is 4.74 Å². The molecular formula is C16H17FN4O2S2. The average molecular weight is 380 g/mol. The fourth-order valence-corrected chi connectivity index (χ4v) is 3.87. The molecule has 0 radical (unpaired) electrons. The molecule has 0 unspecified atom stereocenters. The van der Waals surface area contributed by atoms with Gasteiger partial charge in [0.1, 0.15) is 22.8 Å². The number of Topliss-reactive ketones (excluding diaryl/α,β-unsaturated/α-hetero) is 1. The van der Waals surface area contributed by atoms with Crippen molar-refractivity contribution >= 4 is 34.1 Å². The quantitative estimate of drug-likeness (QED) is 0.596. The van der Waals surface area contributed by atoms with E-state index in [1.165, 1.54) is 35.2 Å². The number of nitrogens with zero attached hydrogens (tertiary/aromatic N) is 4. The Labute approximate surface area is 154 Å². The van der Waals surface area contributed by atoms with Crippen LogP contribution in [0.3, 0.4) is 0 Å². The molecule has 1 saturated heterocycles. The number of carbonyl (C=O) groups excluding carboxylic acids is 1. The Kier molecular flexibility index (Phi) is 5.77. The van der Waals surface area contributed by atoms with Gasteiger partial charge in [-0.3, -0.25) is 4.79 Å². The number of ketones is 1. The van der Waals surface area contributed by atoms with Gasteiger partial charge in [0.25, 0.3) is 0 Å². The van der Waals surface area contributed by atoms with E-state index in [1.807, 2.05) is 11.8 Å². The molecule has 2 heterocycles. The number of aryl methyl sites for hydroxylation is 1. The van der Waals surface area contributed by atoms with Crippen molar-refractivity contribution in [2.45, 2.75) is 12.3 Å². The van der Waals surface area contributed by atoms with Crippen LogP contribution >= 0.6 is 24.0 Å². The summed E-state index contributed by atoms with van der Waals surface area (Å²) >= 11 is 6.65. The molecule has 9 heteroatoms. The van der Waals surface area contributed by atoms with Crippen molar-refractivity contribution in [3.63, 3.8) is 0 Å². The maximum atomic E-state index is 14.2. The Hall–Kier alpha value is -1.84. The number of aromatic nitrogens is 3. The summed E-state index contributed by atoms with van der Waals surface area (Å²) in [5, 5.41) is 3.24. The predicted molar refractivity (Wildman–Crippen MR) is 97.1 cm³/mol. The maximum absolute atomic E-state index is 14.2. The summed E-state index contributed by atoms with van der Waals surface area (Å²) < 4.78 is 21.5. The number of hydrogen-bond donors (Lipinski definition) is 0. The highest BCUT2D eigenvalue weighted by molar-refractivity contribution is 8.23. The van der Waals surface area contributed by atoms with Gasteiger partial charge in [0.15, 0.2) is 5.37 Å². The number of thioether (sulfide) groups is 1. The highest BCUT2D eigenvalue weighted by Gasteiger charge is 2.29. The summed E-state index contributed by atoms with van der Waals surface area (Å²) in [5.41, 5.74) is 0.834. The Morgan fingerprint density at radius 2 is 2.16 bits per heavy atom. The van der Waals surface area contributed by atoms with Crippen LogP contribution in [0.5, 0.6) is 0 Å². The van der Waals surface area contributed by atoms with Crippen LogP contribution in [0.1, 0.15) is 21.3 Å². The third-order valence-corrected chi connectivity index (χ3v) is 5.43. The number of benzene rings is 1. The average Bonchev–Trinajstić information content (AvgIpc) is 3.16. The number of carbonyl (C=O) groups is 1. The van der Waals surface area contributed by atoms with Crippen LogP contribution in [0.4, 0.5) is 4.39 Å². The maximum Gasteiger partial charge on any atom is 0.201 e. The number of halogens is 1. The molecule has 1 aliphatic rings. The second kappa shape index (κ2) is 8.03. The van der Waals surface area contributed by atoms with Gasteiger partial charge >= 0.3 is 0 Å². The van der Waals surface area contributed by atoms with Gasteiger partial charge in [-0.2, -0.15) is 5.10 Å². The van der Waals surface area contributed by atoms with Gasteiger partial charge in [0.2, 0.25) is 5.78 Å². The largest absolute Gasteiger partial charge is 0.378 e. The van der Waals surface area contributed by atoms with E-state index in [0.717, 1.165) is 5.56 Å². The molecule has 0 saturated carbocycles. The second-order valence-electron chi connectivity index (χ2n) is 5.56. The smallest absolute Gasteiger partial charge is 0.201 e. The Balaban J connectivity index is 1.86. The number of hydrogen-bond acceptors (Lipinski definition) is 6. The van der Waals surface area contributed by atoms with Gasteiger partial charge in [-0.05, 0) is 19.1 Å². The van der Waals surface area contributed by atoms with Gasteiger partial charge in [-0.1, -0.05) is 35.6 Å². The summed E-state index contributed by atoms with van der Waals surface area (Å²) in [7, 11) is 0. The van der Waals surface area contributed by atoms with Gasteiger partial charge < -0.3 is 9.64 Å². The van der Waals surface area contributed by atoms with Crippen LogP contribution in [0.2, 0.25) is 0 Å². The molecule has 6 nitrogen and oxygen atoms in total. The Morgan fingerprint density at radius 1 is 1.40 bits per heavy atom. The molecule has 0 aliphatic carbocycles. The minimum atomic E-state index is -0.811. The lowest BCUT2D eigenvalue weighted by Crippen LogP contribution is -2.39. The molecule has 1 aromatic carbocycles. The number of ether oxygens (including phenoxy) is 1. The minimum absolute atomic E-state index is 0.0257. The molecule has 0 amide bonds. The van der Waals surface area contributed by atoms with Gasteiger partial charge in [-0.25, -0.2) is 14.1 Å². The minimum Gasteiger partial charge on any atom is -0.378 e. The topological polar surface area (TPSA) is 60.2 Å². The number of rotatable bonds is 4. The van der Waals surface area contributed by atoms with Crippen LogP contribution in [0, 0.1) is 12.7 Å². The molecular weight excluding hydrogens is 363 g/mol. The first kappa shape index (κ1) is 18.0. The van der Waals surface area contributed by atoms with Crippen molar-refractivity contribution in [3.8, 4) is 0 Å². The first-order chi connectivity index (χ1) is 12.1. The van der Waals surface area contributed by atoms with E-state index in [2.05, 4.69) is 10.1 Å². The van der Waals surface area contributed by atoms with E-state index in [-0.39, 0.29) is 5.56 Å². The SMILES string of the molecule is Cc1ccc(F)c(C(=O)[C@H](SC(=S)N2CCOCC2)n2cncn2)c1. The fourth-order valence-electron chi connectivity index (χ4n) is 2.44. The summed E-state index contributed by atoms with van der Waals surface area (Å²) in [5.74, 6) is -0.953. The lowest BCUT2D eigenvalue weighted by molar-refractivity contribution is 0.0702. The molecule has 1 fully saturated rings. The zero-order valence-electron chi connectivity index (χ0n) is 13.6. The molecule has 0 spiro atoms. The molecule has 1 atom stereocenters. The van der Waals surface area contributed by atoms with Crippen molar-refractivity contribution in [2.75, 3.05) is 26.3 Å². The van der Waals surface area contributed by atoms with E-state index in [9.17, 15) is 9.18 Å². The third kappa shape index (κ3) is 4.23. The van der Waals surface area contributed by atoms with E-state index in [1.54, 1.807) is 12.1 Å². The van der Waals surface area contributed by atoms with Gasteiger partial charge in [-0.15, -0.1) is 0 Å². The molecule has 25 heavy (non-hydrogen) atoms. The lowest BCUT2D eigenvalue weighted by Gasteiger charge is -2.30. The second-order valence-corrected chi connectivity index (χ2v) is 7.27. The molecule has 1 aromatic heterocycles. The van der Waals surface area contributed by atoms with E-state index < -0.39 is 17.0 Å². The number of thiocarbonyl (C=S) groups is 1. The molecule has 1 aliphatic heterocycles. The van der Waals surface area contributed by atoms with E-state index in [0.29, 0.717) is 30.6 Å². The molecule has 3 rings (SSSR count). The normalized spacial score (nSPS) is 15.8. The van der Waals surface area contributed by atoms with Gasteiger partial charge in [0.05, 0.1) is 18.8 Å². The summed E-state index contributed by atoms with van der Waals surface area (Å²) in [6.07, 6.45) is 2.77. The zero-order valence-corrected chi connectivity index (χ0v) is 15.2. The van der Waals surface area contributed by atoms with E-state index in [4.69, 9.17) is 17.0 Å². The molecule has 0 bridgehead atoms. The Bertz CT molecular complexity index is 764. The van der Waals surface area contributed by atoms with E-state index >= 15 is 0 Å². The first-order valence-electron chi connectivity index (χ1n) is 7.74. The molecule has 132 valence electrons. The molecule has 0 N–H and O–H groups in total. The lowest BCUT2D eigenvalue weighted by atomic mass is 10.1. The zero-order chi connectivity index (χ0) is 17.8. The monoisotopic (exact) mass is 380 g/mol. The predicted octanol–water partition coefficient (Wildman–Crippen LogP) is 2.46. The van der Waals surface area contributed by atoms with Crippen molar-refractivity contribution in [1.29, 1.82) is 0 Å². The van der Waals surface area contributed by atoms with Crippen LogP contribution in [0.25, 0.3) is 0 Å². The van der Waals surface area contributed by atoms with Crippen molar-refractivity contribution in [2.24, 2.45) is 0 Å². The van der Waals surface area contributed by atoms with Crippen LogP contribution in [0.15, 0.2) is 30.9 Å². The van der Waals surface area contributed by atoms with Crippen molar-refractivity contribution < 1.29 is 13.9 Å². The molecule has 2 aromatic rings. The first-order valence-corrected chi connectivity index (χ1v) is 9.03. The summed E-state index contributed by atoms with van der Waals surface area (Å²) in [6.45, 7) is 4.34. The standard InChI is InChI=1S/C16H17FN4O2S2/c1-11-2-3-13(17)12(8-11)14(22)15(21-10-18-9-19-21)25-16(24)20-4-6-23-7-5-20/h2-3,8-10,15H,4-7H2,1H3/t15-/m0/s1. The highest BCUT2D eigenvalue weighted by atomic mass is 32.2. The fraction of sp³-hybridized carbons (Fsp3) is 0.375.